The van der Waals surface area contributed by atoms with Crippen LogP contribution in [0.2, 0.25) is 0 Å². The maximum Gasteiger partial charge on any atom is 0.0230 e. The lowest BCUT2D eigenvalue weighted by atomic mass is 10.1. The summed E-state index contributed by atoms with van der Waals surface area (Å²) in [6.45, 7) is 6.40. The van der Waals surface area contributed by atoms with Gasteiger partial charge in [0.25, 0.3) is 0 Å². The van der Waals surface area contributed by atoms with Crippen LogP contribution in [0.15, 0.2) is 41.8 Å². The Labute approximate surface area is 132 Å². The molecule has 1 aromatic heterocycles. The second-order valence-corrected chi connectivity index (χ2v) is 6.52. The number of thiophene rings is 1. The van der Waals surface area contributed by atoms with Crippen molar-refractivity contribution in [1.82, 2.24) is 10.2 Å². The fourth-order valence-electron chi connectivity index (χ4n) is 2.37. The summed E-state index contributed by atoms with van der Waals surface area (Å²) < 4.78 is 0. The highest BCUT2D eigenvalue weighted by Crippen LogP contribution is 2.11. The summed E-state index contributed by atoms with van der Waals surface area (Å²) in [4.78, 5) is 3.87. The van der Waals surface area contributed by atoms with E-state index in [0.29, 0.717) is 0 Å². The Morgan fingerprint density at radius 3 is 2.48 bits per heavy atom. The van der Waals surface area contributed by atoms with E-state index in [1.54, 1.807) is 0 Å². The molecule has 0 bridgehead atoms. The number of rotatable bonds is 9. The third kappa shape index (κ3) is 6.00. The van der Waals surface area contributed by atoms with E-state index in [4.69, 9.17) is 0 Å². The van der Waals surface area contributed by atoms with E-state index < -0.39 is 0 Å². The normalized spacial score (nSPS) is 11.2. The molecule has 0 spiro atoms. The minimum absolute atomic E-state index is 1.03. The predicted molar refractivity (Wildman–Crippen MR) is 93.0 cm³/mol. The molecule has 0 unspecified atom stereocenters. The third-order valence-electron chi connectivity index (χ3n) is 3.64. The molecule has 1 N–H and O–H groups in total. The Bertz CT molecular complexity index is 490. The van der Waals surface area contributed by atoms with Crippen LogP contribution in [0.3, 0.4) is 0 Å². The smallest absolute Gasteiger partial charge is 0.0230 e. The van der Waals surface area contributed by atoms with Gasteiger partial charge in [-0.15, -0.1) is 11.3 Å². The van der Waals surface area contributed by atoms with E-state index in [2.05, 4.69) is 66.0 Å². The summed E-state index contributed by atoms with van der Waals surface area (Å²) >= 11 is 1.85. The molecule has 0 aliphatic carbocycles. The van der Waals surface area contributed by atoms with Crippen molar-refractivity contribution in [2.24, 2.45) is 0 Å². The monoisotopic (exact) mass is 302 g/mol. The summed E-state index contributed by atoms with van der Waals surface area (Å²) in [7, 11) is 2.20. The van der Waals surface area contributed by atoms with Crippen LogP contribution in [0.25, 0.3) is 0 Å². The highest BCUT2D eigenvalue weighted by atomic mass is 32.1. The summed E-state index contributed by atoms with van der Waals surface area (Å²) in [6.07, 6.45) is 2.26. The molecule has 0 aliphatic rings. The molecule has 2 nitrogen and oxygen atoms in total. The molecule has 2 rings (SSSR count). The molecule has 21 heavy (non-hydrogen) atoms. The van der Waals surface area contributed by atoms with Gasteiger partial charge in [-0.1, -0.05) is 37.3 Å². The van der Waals surface area contributed by atoms with E-state index in [0.717, 1.165) is 39.0 Å². The Morgan fingerprint density at radius 2 is 1.81 bits per heavy atom. The number of hydrogen-bond acceptors (Lipinski definition) is 3. The molecule has 0 aliphatic heterocycles. The zero-order valence-electron chi connectivity index (χ0n) is 13.1. The fourth-order valence-corrected chi connectivity index (χ4v) is 3.07. The molecule has 0 radical (unpaired) electrons. The number of benzene rings is 1. The minimum Gasteiger partial charge on any atom is -0.317 e. The van der Waals surface area contributed by atoms with Gasteiger partial charge in [-0.25, -0.2) is 0 Å². The molecular formula is C18H26N2S. The van der Waals surface area contributed by atoms with Gasteiger partial charge < -0.3 is 10.2 Å². The van der Waals surface area contributed by atoms with Crippen LogP contribution in [0.5, 0.6) is 0 Å². The highest BCUT2D eigenvalue weighted by Gasteiger charge is 2.02. The SMILES string of the molecule is CCNCCc1ccc(CN(C)CCc2cccs2)cc1. The number of likely N-dealkylation sites (N-methyl/N-ethyl adjacent to an activating group) is 2. The van der Waals surface area contributed by atoms with Crippen molar-refractivity contribution >= 4 is 11.3 Å². The average Bonchev–Trinajstić information content (AvgIpc) is 3.01. The van der Waals surface area contributed by atoms with Crippen LogP contribution < -0.4 is 5.32 Å². The van der Waals surface area contributed by atoms with Gasteiger partial charge in [0, 0.05) is 18.0 Å². The van der Waals surface area contributed by atoms with Crippen LogP contribution >= 0.6 is 11.3 Å². The lowest BCUT2D eigenvalue weighted by Gasteiger charge is -2.16. The van der Waals surface area contributed by atoms with Gasteiger partial charge in [0.05, 0.1) is 0 Å². The van der Waals surface area contributed by atoms with Gasteiger partial charge in [0.1, 0.15) is 0 Å². The Kier molecular flexibility index (Phi) is 6.93. The largest absolute Gasteiger partial charge is 0.317 e. The first-order chi connectivity index (χ1) is 10.3. The molecule has 3 heteroatoms. The summed E-state index contributed by atoms with van der Waals surface area (Å²) in [5.74, 6) is 0. The maximum absolute atomic E-state index is 3.37. The van der Waals surface area contributed by atoms with Crippen LogP contribution in [0.1, 0.15) is 22.9 Å². The van der Waals surface area contributed by atoms with Crippen molar-refractivity contribution in [1.29, 1.82) is 0 Å². The van der Waals surface area contributed by atoms with Gasteiger partial charge >= 0.3 is 0 Å². The molecule has 1 aromatic carbocycles. The van der Waals surface area contributed by atoms with E-state index in [9.17, 15) is 0 Å². The Balaban J connectivity index is 1.74. The first kappa shape index (κ1) is 16.2. The van der Waals surface area contributed by atoms with Crippen molar-refractivity contribution < 1.29 is 0 Å². The molecule has 0 saturated heterocycles. The van der Waals surface area contributed by atoms with Gasteiger partial charge in [0.2, 0.25) is 0 Å². The van der Waals surface area contributed by atoms with Crippen molar-refractivity contribution in [2.45, 2.75) is 26.3 Å². The quantitative estimate of drug-likeness (QED) is 0.712. The number of nitrogens with zero attached hydrogens (tertiary/aromatic N) is 1. The van der Waals surface area contributed by atoms with Gasteiger partial charge in [0.15, 0.2) is 0 Å². The Morgan fingerprint density at radius 1 is 1.05 bits per heavy atom. The van der Waals surface area contributed by atoms with Crippen molar-refractivity contribution in [3.05, 3.63) is 57.8 Å². The molecule has 0 fully saturated rings. The molecular weight excluding hydrogens is 276 g/mol. The van der Waals surface area contributed by atoms with Crippen LogP contribution in [-0.4, -0.2) is 31.6 Å². The van der Waals surface area contributed by atoms with E-state index in [1.807, 2.05) is 11.3 Å². The minimum atomic E-state index is 1.03. The fraction of sp³-hybridized carbons (Fsp3) is 0.444. The van der Waals surface area contributed by atoms with Crippen LogP contribution in [-0.2, 0) is 19.4 Å². The van der Waals surface area contributed by atoms with Crippen LogP contribution in [0, 0.1) is 0 Å². The zero-order chi connectivity index (χ0) is 14.9. The standard InChI is InChI=1S/C18H26N2S/c1-3-19-12-10-16-6-8-17(9-7-16)15-20(2)13-11-18-5-4-14-21-18/h4-9,14,19H,3,10-13,15H2,1-2H3. The number of hydrogen-bond donors (Lipinski definition) is 1. The first-order valence-electron chi connectivity index (χ1n) is 7.77. The summed E-state index contributed by atoms with van der Waals surface area (Å²) in [5.41, 5.74) is 2.82. The van der Waals surface area contributed by atoms with Crippen molar-refractivity contribution in [3.63, 3.8) is 0 Å². The van der Waals surface area contributed by atoms with Crippen molar-refractivity contribution in [3.8, 4) is 0 Å². The van der Waals surface area contributed by atoms with E-state index >= 15 is 0 Å². The second kappa shape index (κ2) is 8.98. The molecule has 1 heterocycles. The van der Waals surface area contributed by atoms with Crippen LogP contribution in [0.4, 0.5) is 0 Å². The second-order valence-electron chi connectivity index (χ2n) is 5.49. The molecule has 0 atom stereocenters. The third-order valence-corrected chi connectivity index (χ3v) is 4.57. The van der Waals surface area contributed by atoms with E-state index in [-0.39, 0.29) is 0 Å². The van der Waals surface area contributed by atoms with Crippen molar-refractivity contribution in [2.75, 3.05) is 26.7 Å². The van der Waals surface area contributed by atoms with Gasteiger partial charge in [-0.05, 0) is 55.6 Å². The van der Waals surface area contributed by atoms with Gasteiger partial charge in [-0.2, -0.15) is 0 Å². The first-order valence-corrected chi connectivity index (χ1v) is 8.65. The highest BCUT2D eigenvalue weighted by molar-refractivity contribution is 7.09. The zero-order valence-corrected chi connectivity index (χ0v) is 14.0. The molecule has 2 aromatic rings. The average molecular weight is 302 g/mol. The Hall–Kier alpha value is -1.16. The lowest BCUT2D eigenvalue weighted by Crippen LogP contribution is -2.20. The molecule has 0 amide bonds. The van der Waals surface area contributed by atoms with Gasteiger partial charge in [-0.3, -0.25) is 0 Å². The molecule has 0 saturated carbocycles. The predicted octanol–water partition coefficient (Wildman–Crippen LogP) is 3.57. The maximum atomic E-state index is 3.37. The van der Waals surface area contributed by atoms with E-state index in [1.165, 1.54) is 16.0 Å². The topological polar surface area (TPSA) is 15.3 Å². The lowest BCUT2D eigenvalue weighted by molar-refractivity contribution is 0.332. The summed E-state index contributed by atoms with van der Waals surface area (Å²) in [6, 6.07) is 13.4. The number of nitrogens with one attached hydrogen (secondary N) is 1. The molecule has 114 valence electrons. The summed E-state index contributed by atoms with van der Waals surface area (Å²) in [5, 5.41) is 5.52.